The maximum absolute atomic E-state index is 12.9. The van der Waals surface area contributed by atoms with Crippen molar-refractivity contribution >= 4 is 21.9 Å². The Morgan fingerprint density at radius 2 is 2.00 bits per heavy atom. The molecule has 1 aliphatic heterocycles. The zero-order valence-electron chi connectivity index (χ0n) is 15.5. The van der Waals surface area contributed by atoms with Crippen molar-refractivity contribution in [3.63, 3.8) is 0 Å². The Bertz CT molecular complexity index is 1270. The number of hydrogen-bond acceptors (Lipinski definition) is 5. The number of hydrogen-bond donors (Lipinski definition) is 2. The van der Waals surface area contributed by atoms with Crippen molar-refractivity contribution < 1.29 is 9.47 Å². The first-order valence-corrected chi connectivity index (χ1v) is 9.29. The second kappa shape index (κ2) is 6.38. The van der Waals surface area contributed by atoms with E-state index in [4.69, 9.17) is 20.2 Å². The lowest BCUT2D eigenvalue weighted by Gasteiger charge is -2.08. The quantitative estimate of drug-likeness (QED) is 0.571. The summed E-state index contributed by atoms with van der Waals surface area (Å²) in [6, 6.07) is 11.6. The van der Waals surface area contributed by atoms with E-state index < -0.39 is 0 Å². The fraction of sp³-hybridized carbons (Fsp3) is 0.238. The Morgan fingerprint density at radius 1 is 1.21 bits per heavy atom. The summed E-state index contributed by atoms with van der Waals surface area (Å²) in [4.78, 5) is 20.6. The fourth-order valence-corrected chi connectivity index (χ4v) is 3.91. The molecule has 0 fully saturated rings. The third-order valence-corrected chi connectivity index (χ3v) is 5.24. The Morgan fingerprint density at radius 3 is 2.82 bits per heavy atom. The summed E-state index contributed by atoms with van der Waals surface area (Å²) in [5.74, 6) is 1.26. The van der Waals surface area contributed by atoms with Crippen molar-refractivity contribution in [2.75, 3.05) is 13.3 Å². The smallest absolute Gasteiger partial charge is 0.275 e. The Kier molecular flexibility index (Phi) is 3.84. The Balaban J connectivity index is 1.77. The molecule has 7 heteroatoms. The number of nitrogens with one attached hydrogen (secondary N) is 1. The number of aromatic amines is 1. The maximum atomic E-state index is 12.9. The topological polar surface area (TPSA) is 95.2 Å². The SMILES string of the molecule is Cc1c(-c2nc3cc4c(cc3[nH]c2=O)OCO4)c2ccccc2n1CCCN. The van der Waals surface area contributed by atoms with Gasteiger partial charge in [-0.25, -0.2) is 4.98 Å². The summed E-state index contributed by atoms with van der Waals surface area (Å²) < 4.78 is 13.1. The molecule has 0 radical (unpaired) electrons. The zero-order valence-corrected chi connectivity index (χ0v) is 15.5. The van der Waals surface area contributed by atoms with E-state index in [-0.39, 0.29) is 12.4 Å². The van der Waals surface area contributed by atoms with E-state index in [1.165, 1.54) is 0 Å². The lowest BCUT2D eigenvalue weighted by molar-refractivity contribution is 0.174. The van der Waals surface area contributed by atoms with Gasteiger partial charge < -0.3 is 24.8 Å². The normalized spacial score (nSPS) is 12.9. The molecule has 0 aliphatic carbocycles. The van der Waals surface area contributed by atoms with Gasteiger partial charge >= 0.3 is 0 Å². The molecule has 142 valence electrons. The van der Waals surface area contributed by atoms with Gasteiger partial charge in [0.15, 0.2) is 11.5 Å². The minimum absolute atomic E-state index is 0.177. The number of fused-ring (bicyclic) bond motifs is 3. The maximum Gasteiger partial charge on any atom is 0.275 e. The summed E-state index contributed by atoms with van der Waals surface area (Å²) in [6.07, 6.45) is 0.865. The van der Waals surface area contributed by atoms with Gasteiger partial charge in [-0.05, 0) is 26.0 Å². The van der Waals surface area contributed by atoms with Crippen LogP contribution in [0.25, 0.3) is 33.2 Å². The van der Waals surface area contributed by atoms with Crippen LogP contribution >= 0.6 is 0 Å². The van der Waals surface area contributed by atoms with E-state index >= 15 is 0 Å². The van der Waals surface area contributed by atoms with Gasteiger partial charge in [0.25, 0.3) is 5.56 Å². The fourth-order valence-electron chi connectivity index (χ4n) is 3.91. The predicted molar refractivity (Wildman–Crippen MR) is 108 cm³/mol. The molecule has 7 nitrogen and oxygen atoms in total. The number of nitrogens with zero attached hydrogens (tertiary/aromatic N) is 2. The van der Waals surface area contributed by atoms with E-state index in [0.29, 0.717) is 34.8 Å². The molecule has 0 unspecified atom stereocenters. The molecule has 2 aromatic carbocycles. The third kappa shape index (κ3) is 2.47. The average Bonchev–Trinajstić information content (AvgIpc) is 3.25. The van der Waals surface area contributed by atoms with Gasteiger partial charge in [-0.2, -0.15) is 0 Å². The van der Waals surface area contributed by atoms with Gasteiger partial charge in [-0.3, -0.25) is 4.79 Å². The number of aromatic nitrogens is 3. The highest BCUT2D eigenvalue weighted by molar-refractivity contribution is 5.98. The standard InChI is InChI=1S/C21H20N4O3/c1-12-19(13-5-2-3-6-16(13)25(12)8-4-7-22)20-21(26)24-15-10-18-17(27-11-28-18)9-14(15)23-20/h2-3,5-6,9-10H,4,7-8,11,22H2,1H3,(H,24,26). The first kappa shape index (κ1) is 16.8. The Hall–Kier alpha value is -3.32. The van der Waals surface area contributed by atoms with Crippen LogP contribution in [0.4, 0.5) is 0 Å². The van der Waals surface area contributed by atoms with Crippen molar-refractivity contribution in [1.82, 2.24) is 14.5 Å². The molecule has 1 aliphatic rings. The minimum Gasteiger partial charge on any atom is -0.454 e. The number of ether oxygens (including phenoxy) is 2. The molecule has 0 bridgehead atoms. The summed E-state index contributed by atoms with van der Waals surface area (Å²) in [7, 11) is 0. The average molecular weight is 376 g/mol. The number of para-hydroxylation sites is 1. The highest BCUT2D eigenvalue weighted by Crippen LogP contribution is 2.36. The van der Waals surface area contributed by atoms with Crippen LogP contribution in [0, 0.1) is 6.92 Å². The van der Waals surface area contributed by atoms with Crippen molar-refractivity contribution in [2.24, 2.45) is 5.73 Å². The number of H-pyrrole nitrogens is 1. The van der Waals surface area contributed by atoms with Crippen LogP contribution in [0.3, 0.4) is 0 Å². The lowest BCUT2D eigenvalue weighted by Crippen LogP contribution is -2.12. The van der Waals surface area contributed by atoms with Crippen molar-refractivity contribution in [3.05, 3.63) is 52.4 Å². The molecule has 0 saturated carbocycles. The first-order chi connectivity index (χ1) is 13.7. The highest BCUT2D eigenvalue weighted by Gasteiger charge is 2.21. The lowest BCUT2D eigenvalue weighted by atomic mass is 10.1. The van der Waals surface area contributed by atoms with Gasteiger partial charge in [0.1, 0.15) is 5.69 Å². The number of aryl methyl sites for hydroxylation is 1. The van der Waals surface area contributed by atoms with Crippen LogP contribution in [-0.4, -0.2) is 27.9 Å². The predicted octanol–water partition coefficient (Wildman–Crippen LogP) is 2.93. The number of rotatable bonds is 4. The Labute approximate surface area is 160 Å². The number of nitrogens with two attached hydrogens (primary N) is 1. The zero-order chi connectivity index (χ0) is 19.3. The van der Waals surface area contributed by atoms with E-state index in [0.717, 1.165) is 35.1 Å². The van der Waals surface area contributed by atoms with Crippen LogP contribution in [0.15, 0.2) is 41.2 Å². The van der Waals surface area contributed by atoms with Gasteiger partial charge in [-0.1, -0.05) is 18.2 Å². The van der Waals surface area contributed by atoms with Gasteiger partial charge in [0.05, 0.1) is 11.0 Å². The van der Waals surface area contributed by atoms with Crippen molar-refractivity contribution in [1.29, 1.82) is 0 Å². The van der Waals surface area contributed by atoms with Crippen LogP contribution in [0.2, 0.25) is 0 Å². The molecule has 3 heterocycles. The van der Waals surface area contributed by atoms with Crippen LogP contribution < -0.4 is 20.8 Å². The molecule has 4 aromatic rings. The van der Waals surface area contributed by atoms with Crippen molar-refractivity contribution in [3.8, 4) is 22.8 Å². The minimum atomic E-state index is -0.226. The molecule has 0 atom stereocenters. The third-order valence-electron chi connectivity index (χ3n) is 5.24. The largest absolute Gasteiger partial charge is 0.454 e. The molecule has 0 amide bonds. The second-order valence-electron chi connectivity index (χ2n) is 6.91. The first-order valence-electron chi connectivity index (χ1n) is 9.29. The molecular formula is C21H20N4O3. The van der Waals surface area contributed by atoms with Crippen molar-refractivity contribution in [2.45, 2.75) is 19.9 Å². The summed E-state index contributed by atoms with van der Waals surface area (Å²) >= 11 is 0. The molecule has 5 rings (SSSR count). The van der Waals surface area contributed by atoms with Gasteiger partial charge in [0, 0.05) is 40.8 Å². The van der Waals surface area contributed by atoms with Gasteiger partial charge in [-0.15, -0.1) is 0 Å². The van der Waals surface area contributed by atoms with Crippen LogP contribution in [-0.2, 0) is 6.54 Å². The van der Waals surface area contributed by atoms with E-state index in [2.05, 4.69) is 15.6 Å². The second-order valence-corrected chi connectivity index (χ2v) is 6.91. The molecule has 2 aromatic heterocycles. The van der Waals surface area contributed by atoms with Gasteiger partial charge in [0.2, 0.25) is 6.79 Å². The molecule has 28 heavy (non-hydrogen) atoms. The van der Waals surface area contributed by atoms with E-state index in [1.807, 2.05) is 25.1 Å². The molecule has 0 saturated heterocycles. The summed E-state index contributed by atoms with van der Waals surface area (Å²) in [5.41, 5.74) is 10.1. The number of benzene rings is 2. The molecule has 3 N–H and O–H groups in total. The van der Waals surface area contributed by atoms with E-state index in [9.17, 15) is 4.79 Å². The summed E-state index contributed by atoms with van der Waals surface area (Å²) in [5, 5.41) is 1.01. The molecule has 0 spiro atoms. The highest BCUT2D eigenvalue weighted by atomic mass is 16.7. The monoisotopic (exact) mass is 376 g/mol. The van der Waals surface area contributed by atoms with E-state index in [1.54, 1.807) is 12.1 Å². The van der Waals surface area contributed by atoms with Crippen LogP contribution in [0.5, 0.6) is 11.5 Å². The summed E-state index contributed by atoms with van der Waals surface area (Å²) in [6.45, 7) is 3.61. The molecular weight excluding hydrogens is 356 g/mol. The van der Waals surface area contributed by atoms with Crippen LogP contribution in [0.1, 0.15) is 12.1 Å².